The SMILES string of the molecule is C[Si](C)(C)CCOCN1C(=O)N(CC2CCC(N)CC2)C2(CC2)C1=O. The number of carbonyl (C=O) groups excluding carboxylic acids is 2. The normalized spacial score (nSPS) is 29.0. The molecule has 0 atom stereocenters. The Balaban J connectivity index is 1.56. The molecule has 0 aromatic rings. The van der Waals surface area contributed by atoms with Gasteiger partial charge in [0, 0.05) is 27.3 Å². The molecule has 1 spiro atoms. The lowest BCUT2D eigenvalue weighted by atomic mass is 9.86. The molecular formula is C18H33N3O3Si. The molecule has 0 radical (unpaired) electrons. The van der Waals surface area contributed by atoms with Crippen molar-refractivity contribution in [3.63, 3.8) is 0 Å². The Morgan fingerprint density at radius 1 is 1.16 bits per heavy atom. The molecule has 25 heavy (non-hydrogen) atoms. The van der Waals surface area contributed by atoms with Gasteiger partial charge in [-0.05, 0) is 50.5 Å². The van der Waals surface area contributed by atoms with Gasteiger partial charge in [0.25, 0.3) is 5.91 Å². The molecule has 0 bridgehead atoms. The summed E-state index contributed by atoms with van der Waals surface area (Å²) in [6, 6.07) is 1.20. The van der Waals surface area contributed by atoms with Crippen LogP contribution in [0.1, 0.15) is 38.5 Å². The maximum atomic E-state index is 12.8. The third-order valence-electron chi connectivity index (χ3n) is 5.89. The second kappa shape index (κ2) is 7.00. The summed E-state index contributed by atoms with van der Waals surface area (Å²) in [5, 5.41) is 0. The number of hydrogen-bond donors (Lipinski definition) is 1. The first kappa shape index (κ1) is 18.9. The zero-order valence-electron chi connectivity index (χ0n) is 15.9. The summed E-state index contributed by atoms with van der Waals surface area (Å²) in [5.74, 6) is 0.430. The van der Waals surface area contributed by atoms with Crippen molar-refractivity contribution >= 4 is 20.0 Å². The molecule has 3 aliphatic rings. The van der Waals surface area contributed by atoms with Gasteiger partial charge in [0.05, 0.1) is 0 Å². The average Bonchev–Trinajstić information content (AvgIpc) is 3.30. The van der Waals surface area contributed by atoms with E-state index in [0.717, 1.165) is 44.6 Å². The molecule has 6 nitrogen and oxygen atoms in total. The molecule has 0 unspecified atom stereocenters. The van der Waals surface area contributed by atoms with E-state index in [9.17, 15) is 9.59 Å². The van der Waals surface area contributed by atoms with Crippen LogP contribution in [0.2, 0.25) is 25.7 Å². The molecule has 0 aromatic heterocycles. The monoisotopic (exact) mass is 367 g/mol. The van der Waals surface area contributed by atoms with E-state index in [0.29, 0.717) is 25.1 Å². The Bertz CT molecular complexity index is 522. The molecule has 2 saturated carbocycles. The molecule has 1 heterocycles. The van der Waals surface area contributed by atoms with Crippen LogP contribution in [0, 0.1) is 5.92 Å². The second-order valence-corrected chi connectivity index (χ2v) is 14.9. The fourth-order valence-corrected chi connectivity index (χ4v) is 4.67. The lowest BCUT2D eigenvalue weighted by Crippen LogP contribution is -2.42. The molecule has 3 rings (SSSR count). The van der Waals surface area contributed by atoms with Crippen molar-refractivity contribution < 1.29 is 14.3 Å². The number of carbonyl (C=O) groups is 2. The smallest absolute Gasteiger partial charge is 0.329 e. The van der Waals surface area contributed by atoms with E-state index in [1.807, 2.05) is 4.90 Å². The van der Waals surface area contributed by atoms with E-state index in [4.69, 9.17) is 10.5 Å². The van der Waals surface area contributed by atoms with Gasteiger partial charge in [0.2, 0.25) is 0 Å². The van der Waals surface area contributed by atoms with E-state index in [1.54, 1.807) is 0 Å². The molecule has 2 aliphatic carbocycles. The summed E-state index contributed by atoms with van der Waals surface area (Å²) in [4.78, 5) is 28.8. The molecule has 1 aliphatic heterocycles. The first-order valence-corrected chi connectivity index (χ1v) is 13.4. The largest absolute Gasteiger partial charge is 0.361 e. The summed E-state index contributed by atoms with van der Waals surface area (Å²) < 4.78 is 5.68. The fraction of sp³-hybridized carbons (Fsp3) is 0.889. The van der Waals surface area contributed by atoms with Crippen molar-refractivity contribution in [1.82, 2.24) is 9.80 Å². The summed E-state index contributed by atoms with van der Waals surface area (Å²) in [6.07, 6.45) is 5.77. The van der Waals surface area contributed by atoms with Crippen LogP contribution in [0.3, 0.4) is 0 Å². The Morgan fingerprint density at radius 2 is 1.80 bits per heavy atom. The van der Waals surface area contributed by atoms with Crippen molar-refractivity contribution in [3.05, 3.63) is 0 Å². The molecule has 1 saturated heterocycles. The van der Waals surface area contributed by atoms with Gasteiger partial charge in [-0.3, -0.25) is 4.79 Å². The van der Waals surface area contributed by atoms with Crippen LogP contribution in [0.5, 0.6) is 0 Å². The maximum absolute atomic E-state index is 12.8. The minimum atomic E-state index is -1.17. The summed E-state index contributed by atoms with van der Waals surface area (Å²) in [7, 11) is -1.17. The maximum Gasteiger partial charge on any atom is 0.329 e. The van der Waals surface area contributed by atoms with E-state index >= 15 is 0 Å². The summed E-state index contributed by atoms with van der Waals surface area (Å²) in [5.41, 5.74) is 5.44. The topological polar surface area (TPSA) is 75.9 Å². The van der Waals surface area contributed by atoms with Gasteiger partial charge in [-0.15, -0.1) is 0 Å². The minimum Gasteiger partial charge on any atom is -0.361 e. The van der Waals surface area contributed by atoms with Gasteiger partial charge in [0.1, 0.15) is 12.3 Å². The predicted octanol–water partition coefficient (Wildman–Crippen LogP) is 2.61. The van der Waals surface area contributed by atoms with Gasteiger partial charge < -0.3 is 15.4 Å². The number of amides is 3. The van der Waals surface area contributed by atoms with E-state index in [2.05, 4.69) is 19.6 Å². The van der Waals surface area contributed by atoms with Crippen LogP contribution in [0.25, 0.3) is 0 Å². The molecule has 2 N–H and O–H groups in total. The highest BCUT2D eigenvalue weighted by molar-refractivity contribution is 6.76. The quantitative estimate of drug-likeness (QED) is 0.426. The zero-order chi connectivity index (χ0) is 18.2. The summed E-state index contributed by atoms with van der Waals surface area (Å²) in [6.45, 7) is 8.30. The minimum absolute atomic E-state index is 0.0435. The predicted molar refractivity (Wildman–Crippen MR) is 99.8 cm³/mol. The van der Waals surface area contributed by atoms with Crippen LogP contribution in [0.15, 0.2) is 0 Å². The Kier molecular flexibility index (Phi) is 5.28. The number of hydrogen-bond acceptors (Lipinski definition) is 4. The highest BCUT2D eigenvalue weighted by Crippen LogP contribution is 2.48. The zero-order valence-corrected chi connectivity index (χ0v) is 16.9. The number of urea groups is 1. The third kappa shape index (κ3) is 4.09. The van der Waals surface area contributed by atoms with Gasteiger partial charge in [-0.2, -0.15) is 0 Å². The van der Waals surface area contributed by atoms with Gasteiger partial charge >= 0.3 is 6.03 Å². The lowest BCUT2D eigenvalue weighted by Gasteiger charge is -2.31. The highest BCUT2D eigenvalue weighted by Gasteiger charge is 2.64. The molecule has 3 fully saturated rings. The standard InChI is InChI=1S/C18H33N3O3Si/c1-25(2,3)11-10-24-13-20-16(22)18(8-9-18)21(17(20)23)12-14-4-6-15(19)7-5-14/h14-15H,4-13,19H2,1-3H3. The van der Waals surface area contributed by atoms with Crippen LogP contribution in [0.4, 0.5) is 4.79 Å². The second-order valence-electron chi connectivity index (χ2n) is 9.29. The average molecular weight is 368 g/mol. The first-order chi connectivity index (χ1) is 11.7. The lowest BCUT2D eigenvalue weighted by molar-refractivity contribution is -0.132. The molecular weight excluding hydrogens is 334 g/mol. The Hall–Kier alpha value is -0.923. The van der Waals surface area contributed by atoms with Gasteiger partial charge in [-0.1, -0.05) is 19.6 Å². The number of ether oxygens (including phenoxy) is 1. The number of nitrogens with two attached hydrogens (primary N) is 1. The number of imide groups is 1. The van der Waals surface area contributed by atoms with Crippen LogP contribution >= 0.6 is 0 Å². The van der Waals surface area contributed by atoms with Crippen molar-refractivity contribution in [1.29, 1.82) is 0 Å². The van der Waals surface area contributed by atoms with Crippen molar-refractivity contribution in [2.75, 3.05) is 19.9 Å². The van der Waals surface area contributed by atoms with E-state index in [1.165, 1.54) is 4.90 Å². The number of rotatable bonds is 7. The Labute approximate surface area is 152 Å². The summed E-state index contributed by atoms with van der Waals surface area (Å²) >= 11 is 0. The highest BCUT2D eigenvalue weighted by atomic mass is 28.3. The van der Waals surface area contributed by atoms with Gasteiger partial charge in [0.15, 0.2) is 0 Å². The number of nitrogens with zero attached hydrogens (tertiary/aromatic N) is 2. The van der Waals surface area contributed by atoms with Crippen LogP contribution < -0.4 is 5.73 Å². The van der Waals surface area contributed by atoms with Gasteiger partial charge in [-0.25, -0.2) is 9.69 Å². The molecule has 142 valence electrons. The van der Waals surface area contributed by atoms with Crippen LogP contribution in [-0.4, -0.2) is 61.3 Å². The van der Waals surface area contributed by atoms with Crippen molar-refractivity contribution in [2.45, 2.75) is 75.8 Å². The fourth-order valence-electron chi connectivity index (χ4n) is 3.91. The molecule has 0 aromatic carbocycles. The van der Waals surface area contributed by atoms with E-state index in [-0.39, 0.29) is 18.7 Å². The van der Waals surface area contributed by atoms with Crippen LogP contribution in [-0.2, 0) is 9.53 Å². The Morgan fingerprint density at radius 3 is 2.36 bits per heavy atom. The molecule has 7 heteroatoms. The molecule has 3 amide bonds. The third-order valence-corrected chi connectivity index (χ3v) is 7.60. The first-order valence-electron chi connectivity index (χ1n) is 9.70. The van der Waals surface area contributed by atoms with Crippen molar-refractivity contribution in [3.8, 4) is 0 Å². The van der Waals surface area contributed by atoms with E-state index < -0.39 is 13.6 Å². The van der Waals surface area contributed by atoms with Crippen molar-refractivity contribution in [2.24, 2.45) is 11.7 Å².